The molecular formula is C18H18O3. The van der Waals surface area contributed by atoms with Gasteiger partial charge in [0.15, 0.2) is 5.78 Å². The fraction of sp³-hybridized carbons (Fsp3) is 0.333. The van der Waals surface area contributed by atoms with Gasteiger partial charge in [-0.2, -0.15) is 0 Å². The number of fused-ring (bicyclic) bond motifs is 1. The first kappa shape index (κ1) is 13.8. The third-order valence-corrected chi connectivity index (χ3v) is 4.48. The number of rotatable bonds is 3. The number of carbonyl (C=O) groups is 2. The van der Waals surface area contributed by atoms with Gasteiger partial charge in [0.2, 0.25) is 0 Å². The van der Waals surface area contributed by atoms with E-state index in [0.29, 0.717) is 18.4 Å². The summed E-state index contributed by atoms with van der Waals surface area (Å²) in [5.41, 5.74) is 0.659. The number of ketones is 1. The molecular weight excluding hydrogens is 264 g/mol. The first-order chi connectivity index (χ1) is 10.2. The Labute approximate surface area is 123 Å². The van der Waals surface area contributed by atoms with E-state index < -0.39 is 11.9 Å². The molecule has 3 heteroatoms. The van der Waals surface area contributed by atoms with Crippen LogP contribution in [-0.2, 0) is 4.79 Å². The minimum Gasteiger partial charge on any atom is -0.481 e. The maximum Gasteiger partial charge on any atom is 0.307 e. The van der Waals surface area contributed by atoms with Crippen LogP contribution in [0.4, 0.5) is 0 Å². The molecule has 1 N–H and O–H groups in total. The molecule has 2 aromatic carbocycles. The first-order valence-electron chi connectivity index (χ1n) is 7.43. The maximum atomic E-state index is 12.9. The van der Waals surface area contributed by atoms with Crippen LogP contribution in [0.5, 0.6) is 0 Å². The van der Waals surface area contributed by atoms with Gasteiger partial charge in [0.1, 0.15) is 0 Å². The number of hydrogen-bond acceptors (Lipinski definition) is 2. The predicted octanol–water partition coefficient (Wildman–Crippen LogP) is 3.91. The van der Waals surface area contributed by atoms with E-state index in [1.807, 2.05) is 42.5 Å². The van der Waals surface area contributed by atoms with Crippen LogP contribution in [-0.4, -0.2) is 16.9 Å². The lowest BCUT2D eigenvalue weighted by atomic mass is 9.75. The van der Waals surface area contributed by atoms with E-state index in [4.69, 9.17) is 0 Å². The van der Waals surface area contributed by atoms with Crippen LogP contribution in [0.15, 0.2) is 42.5 Å². The van der Waals surface area contributed by atoms with Gasteiger partial charge in [-0.25, -0.2) is 0 Å². The third-order valence-electron chi connectivity index (χ3n) is 4.48. The molecule has 0 unspecified atom stereocenters. The van der Waals surface area contributed by atoms with E-state index in [1.54, 1.807) is 0 Å². The van der Waals surface area contributed by atoms with E-state index >= 15 is 0 Å². The average Bonchev–Trinajstić information content (AvgIpc) is 2.53. The van der Waals surface area contributed by atoms with Crippen molar-refractivity contribution in [2.45, 2.75) is 25.7 Å². The zero-order valence-electron chi connectivity index (χ0n) is 11.8. The van der Waals surface area contributed by atoms with Gasteiger partial charge >= 0.3 is 5.97 Å². The van der Waals surface area contributed by atoms with Crippen molar-refractivity contribution in [1.29, 1.82) is 0 Å². The molecule has 2 aromatic rings. The van der Waals surface area contributed by atoms with Gasteiger partial charge in [0.05, 0.1) is 5.92 Å². The maximum absolute atomic E-state index is 12.9. The van der Waals surface area contributed by atoms with Crippen molar-refractivity contribution in [2.75, 3.05) is 0 Å². The summed E-state index contributed by atoms with van der Waals surface area (Å²) in [6.07, 6.45) is 3.12. The lowest BCUT2D eigenvalue weighted by molar-refractivity contribution is -0.144. The molecule has 108 valence electrons. The van der Waals surface area contributed by atoms with Crippen molar-refractivity contribution < 1.29 is 14.7 Å². The van der Waals surface area contributed by atoms with Crippen LogP contribution in [0.3, 0.4) is 0 Å². The zero-order valence-corrected chi connectivity index (χ0v) is 11.8. The summed E-state index contributed by atoms with van der Waals surface area (Å²) in [5.74, 6) is -1.78. The summed E-state index contributed by atoms with van der Waals surface area (Å²) < 4.78 is 0. The van der Waals surface area contributed by atoms with Crippen LogP contribution in [0.1, 0.15) is 36.0 Å². The average molecular weight is 282 g/mol. The number of carboxylic acids is 1. The summed E-state index contributed by atoms with van der Waals surface area (Å²) >= 11 is 0. The topological polar surface area (TPSA) is 54.4 Å². The van der Waals surface area contributed by atoms with E-state index in [0.717, 1.165) is 23.6 Å². The molecule has 0 aromatic heterocycles. The quantitative estimate of drug-likeness (QED) is 0.868. The Hall–Kier alpha value is -2.16. The number of hydrogen-bond donors (Lipinski definition) is 1. The van der Waals surface area contributed by atoms with E-state index in [9.17, 15) is 14.7 Å². The molecule has 1 aliphatic carbocycles. The molecule has 0 bridgehead atoms. The van der Waals surface area contributed by atoms with Crippen molar-refractivity contribution in [1.82, 2.24) is 0 Å². The fourth-order valence-electron chi connectivity index (χ4n) is 3.38. The smallest absolute Gasteiger partial charge is 0.307 e. The lowest BCUT2D eigenvalue weighted by Crippen LogP contribution is -2.32. The highest BCUT2D eigenvalue weighted by Crippen LogP contribution is 2.34. The molecule has 1 saturated carbocycles. The summed E-state index contributed by atoms with van der Waals surface area (Å²) in [5, 5.41) is 11.3. The second-order valence-electron chi connectivity index (χ2n) is 5.73. The molecule has 1 aliphatic rings. The Bertz CT molecular complexity index is 684. The normalized spacial score (nSPS) is 22.1. The van der Waals surface area contributed by atoms with Gasteiger partial charge in [-0.3, -0.25) is 9.59 Å². The molecule has 0 spiro atoms. The van der Waals surface area contributed by atoms with Gasteiger partial charge in [-0.05, 0) is 23.6 Å². The minimum absolute atomic E-state index is 0.0149. The Morgan fingerprint density at radius 1 is 0.905 bits per heavy atom. The Morgan fingerprint density at radius 2 is 1.57 bits per heavy atom. The summed E-state index contributed by atoms with van der Waals surface area (Å²) in [4.78, 5) is 24.3. The fourth-order valence-corrected chi connectivity index (χ4v) is 3.38. The summed E-state index contributed by atoms with van der Waals surface area (Å²) in [7, 11) is 0. The highest BCUT2D eigenvalue weighted by Gasteiger charge is 2.36. The highest BCUT2D eigenvalue weighted by atomic mass is 16.4. The van der Waals surface area contributed by atoms with Crippen LogP contribution < -0.4 is 0 Å². The van der Waals surface area contributed by atoms with E-state index in [-0.39, 0.29) is 11.7 Å². The SMILES string of the molecule is O=C(c1cccc2ccccc12)[C@H]1CCCC[C@H]1C(=O)O. The monoisotopic (exact) mass is 282 g/mol. The minimum atomic E-state index is -0.840. The number of benzene rings is 2. The van der Waals surface area contributed by atoms with Gasteiger partial charge < -0.3 is 5.11 Å². The predicted molar refractivity (Wildman–Crippen MR) is 81.4 cm³/mol. The third kappa shape index (κ3) is 2.56. The number of carboxylic acid groups (broad SMARTS) is 1. The molecule has 0 amide bonds. The molecule has 3 nitrogen and oxygen atoms in total. The molecule has 0 saturated heterocycles. The molecule has 1 fully saturated rings. The molecule has 0 heterocycles. The van der Waals surface area contributed by atoms with Crippen molar-refractivity contribution in [3.05, 3.63) is 48.0 Å². The van der Waals surface area contributed by atoms with Crippen molar-refractivity contribution in [2.24, 2.45) is 11.8 Å². The number of carbonyl (C=O) groups excluding carboxylic acids is 1. The van der Waals surface area contributed by atoms with Crippen molar-refractivity contribution in [3.63, 3.8) is 0 Å². The zero-order chi connectivity index (χ0) is 14.8. The standard InChI is InChI=1S/C18H18O3/c19-17(15-9-3-4-10-16(15)18(20)21)14-11-5-7-12-6-1-2-8-13(12)14/h1-2,5-8,11,15-16H,3-4,9-10H2,(H,20,21)/t15-,16+/m0/s1. The Balaban J connectivity index is 2.01. The van der Waals surface area contributed by atoms with Crippen LogP contribution >= 0.6 is 0 Å². The Kier molecular flexibility index (Phi) is 3.74. The van der Waals surface area contributed by atoms with Crippen molar-refractivity contribution in [3.8, 4) is 0 Å². The summed E-state index contributed by atoms with van der Waals surface area (Å²) in [6.45, 7) is 0. The van der Waals surface area contributed by atoms with Crippen LogP contribution in [0.25, 0.3) is 10.8 Å². The molecule has 3 rings (SSSR count). The van der Waals surface area contributed by atoms with Gasteiger partial charge in [-0.15, -0.1) is 0 Å². The van der Waals surface area contributed by atoms with Gasteiger partial charge in [0, 0.05) is 11.5 Å². The largest absolute Gasteiger partial charge is 0.481 e. The van der Waals surface area contributed by atoms with E-state index in [2.05, 4.69) is 0 Å². The first-order valence-corrected chi connectivity index (χ1v) is 7.43. The lowest BCUT2D eigenvalue weighted by Gasteiger charge is -2.27. The van der Waals surface area contributed by atoms with Crippen LogP contribution in [0.2, 0.25) is 0 Å². The van der Waals surface area contributed by atoms with Crippen LogP contribution in [0, 0.1) is 11.8 Å². The van der Waals surface area contributed by atoms with Gasteiger partial charge in [-0.1, -0.05) is 55.3 Å². The Morgan fingerprint density at radius 3 is 2.33 bits per heavy atom. The number of Topliss-reactive ketones (excluding diaryl/α,β-unsaturated/α-hetero) is 1. The second-order valence-corrected chi connectivity index (χ2v) is 5.73. The molecule has 0 radical (unpaired) electrons. The highest BCUT2D eigenvalue weighted by molar-refractivity contribution is 6.10. The van der Waals surface area contributed by atoms with E-state index in [1.165, 1.54) is 0 Å². The van der Waals surface area contributed by atoms with Gasteiger partial charge in [0.25, 0.3) is 0 Å². The molecule has 2 atom stereocenters. The molecule has 0 aliphatic heterocycles. The van der Waals surface area contributed by atoms with Crippen molar-refractivity contribution >= 4 is 22.5 Å². The second kappa shape index (κ2) is 5.68. The number of aliphatic carboxylic acids is 1. The molecule has 21 heavy (non-hydrogen) atoms. The summed E-state index contributed by atoms with van der Waals surface area (Å²) in [6, 6.07) is 13.4.